The van der Waals surface area contributed by atoms with E-state index in [9.17, 15) is 13.2 Å². The molecule has 0 saturated heterocycles. The van der Waals surface area contributed by atoms with Crippen LogP contribution < -0.4 is 4.72 Å². The van der Waals surface area contributed by atoms with E-state index in [0.717, 1.165) is 11.3 Å². The van der Waals surface area contributed by atoms with Crippen LogP contribution in [0.1, 0.15) is 28.6 Å². The largest absolute Gasteiger partial charge is 0.289 e. The Balaban J connectivity index is 2.10. The van der Waals surface area contributed by atoms with Crippen LogP contribution in [0.25, 0.3) is 6.08 Å². The molecular formula is C16H17NO3S2. The first-order valence-corrected chi connectivity index (χ1v) is 9.25. The Bertz CT molecular complexity index is 745. The van der Waals surface area contributed by atoms with Crippen LogP contribution in [0.15, 0.2) is 52.7 Å². The first-order valence-electron chi connectivity index (χ1n) is 6.88. The van der Waals surface area contributed by atoms with E-state index in [4.69, 9.17) is 0 Å². The van der Waals surface area contributed by atoms with E-state index in [1.54, 1.807) is 17.4 Å². The van der Waals surface area contributed by atoms with Crippen molar-refractivity contribution in [2.45, 2.75) is 18.2 Å². The molecule has 0 aliphatic carbocycles. The summed E-state index contributed by atoms with van der Waals surface area (Å²) in [5.74, 6) is -0.154. The average molecular weight is 335 g/mol. The van der Waals surface area contributed by atoms with Gasteiger partial charge >= 0.3 is 0 Å². The molecule has 6 heteroatoms. The van der Waals surface area contributed by atoms with E-state index >= 15 is 0 Å². The number of hydrogen-bond donors (Lipinski definition) is 1. The number of allylic oxidation sites excluding steroid dienone is 1. The molecule has 0 amide bonds. The second kappa shape index (κ2) is 7.49. The Kier molecular flexibility index (Phi) is 5.65. The van der Waals surface area contributed by atoms with Gasteiger partial charge in [0.1, 0.15) is 0 Å². The van der Waals surface area contributed by atoms with Crippen LogP contribution in [0.5, 0.6) is 0 Å². The molecular weight excluding hydrogens is 318 g/mol. The van der Waals surface area contributed by atoms with Gasteiger partial charge in [0.2, 0.25) is 10.0 Å². The second-order valence-electron chi connectivity index (χ2n) is 4.64. The van der Waals surface area contributed by atoms with Crippen LogP contribution >= 0.6 is 11.3 Å². The smallest absolute Gasteiger partial charge is 0.240 e. The van der Waals surface area contributed by atoms with Crippen molar-refractivity contribution in [3.63, 3.8) is 0 Å². The lowest BCUT2D eigenvalue weighted by molar-refractivity contribution is 0.104. The number of hydrogen-bond acceptors (Lipinski definition) is 4. The third-order valence-electron chi connectivity index (χ3n) is 2.93. The van der Waals surface area contributed by atoms with Crippen molar-refractivity contribution in [2.24, 2.45) is 0 Å². The summed E-state index contributed by atoms with van der Waals surface area (Å²) in [6, 6.07) is 9.79. The minimum atomic E-state index is -3.49. The predicted octanol–water partition coefficient (Wildman–Crippen LogP) is 3.33. The molecule has 1 N–H and O–H groups in total. The Labute approximate surface area is 134 Å². The van der Waals surface area contributed by atoms with Crippen LogP contribution in [0, 0.1) is 0 Å². The summed E-state index contributed by atoms with van der Waals surface area (Å²) in [5.41, 5.74) is 0.460. The maximum atomic E-state index is 12.0. The molecule has 0 radical (unpaired) electrons. The maximum Gasteiger partial charge on any atom is 0.240 e. The van der Waals surface area contributed by atoms with Crippen LogP contribution in [0.2, 0.25) is 0 Å². The Morgan fingerprint density at radius 2 is 1.95 bits per heavy atom. The van der Waals surface area contributed by atoms with Gasteiger partial charge in [-0.3, -0.25) is 4.79 Å². The minimum Gasteiger partial charge on any atom is -0.289 e. The minimum absolute atomic E-state index is 0.154. The SMILES string of the molecule is CCCNS(=O)(=O)c1ccc(C(=O)/C=C/c2cccs2)cc1. The Morgan fingerprint density at radius 1 is 1.23 bits per heavy atom. The third-order valence-corrected chi connectivity index (χ3v) is 5.25. The predicted molar refractivity (Wildman–Crippen MR) is 89.6 cm³/mol. The molecule has 0 aliphatic heterocycles. The van der Waals surface area contributed by atoms with Gasteiger partial charge in [0, 0.05) is 17.0 Å². The number of carbonyl (C=O) groups excluding carboxylic acids is 1. The number of rotatable bonds is 7. The van der Waals surface area contributed by atoms with Crippen LogP contribution in [-0.4, -0.2) is 20.7 Å². The zero-order chi connectivity index (χ0) is 16.0. The molecule has 116 valence electrons. The number of nitrogens with one attached hydrogen (secondary N) is 1. The van der Waals surface area contributed by atoms with Crippen molar-refractivity contribution >= 4 is 33.2 Å². The molecule has 0 unspecified atom stereocenters. The standard InChI is InChI=1S/C16H17NO3S2/c1-2-11-17-22(19,20)15-8-5-13(6-9-15)16(18)10-7-14-4-3-12-21-14/h3-10,12,17H,2,11H2,1H3/b10-7+. The topological polar surface area (TPSA) is 63.2 Å². The molecule has 0 spiro atoms. The fourth-order valence-electron chi connectivity index (χ4n) is 1.76. The highest BCUT2D eigenvalue weighted by molar-refractivity contribution is 7.89. The summed E-state index contributed by atoms with van der Waals surface area (Å²) < 4.78 is 26.4. The number of carbonyl (C=O) groups is 1. The number of thiophene rings is 1. The third kappa shape index (κ3) is 4.37. The monoisotopic (exact) mass is 335 g/mol. The summed E-state index contributed by atoms with van der Waals surface area (Å²) in [6.07, 6.45) is 3.97. The Morgan fingerprint density at radius 3 is 2.55 bits per heavy atom. The highest BCUT2D eigenvalue weighted by Gasteiger charge is 2.13. The molecule has 1 heterocycles. The second-order valence-corrected chi connectivity index (χ2v) is 7.38. The maximum absolute atomic E-state index is 12.0. The van der Waals surface area contributed by atoms with Crippen LogP contribution in [0.3, 0.4) is 0 Å². The zero-order valence-electron chi connectivity index (χ0n) is 12.2. The lowest BCUT2D eigenvalue weighted by atomic mass is 10.1. The Hall–Kier alpha value is -1.76. The van der Waals surface area contributed by atoms with Gasteiger partial charge in [-0.1, -0.05) is 13.0 Å². The number of ketones is 1. The fourth-order valence-corrected chi connectivity index (χ4v) is 3.51. The number of sulfonamides is 1. The van der Waals surface area contributed by atoms with E-state index in [1.165, 1.54) is 30.3 Å². The van der Waals surface area contributed by atoms with Gasteiger partial charge in [0.15, 0.2) is 5.78 Å². The summed E-state index contributed by atoms with van der Waals surface area (Å²) >= 11 is 1.55. The quantitative estimate of drug-likeness (QED) is 0.623. The zero-order valence-corrected chi connectivity index (χ0v) is 13.8. The van der Waals surface area contributed by atoms with Crippen molar-refractivity contribution < 1.29 is 13.2 Å². The van der Waals surface area contributed by atoms with Crippen molar-refractivity contribution in [1.82, 2.24) is 4.72 Å². The first kappa shape index (κ1) is 16.6. The van der Waals surface area contributed by atoms with E-state index in [2.05, 4.69) is 4.72 Å². The van der Waals surface area contributed by atoms with Gasteiger partial charge in [-0.25, -0.2) is 13.1 Å². The molecule has 1 aromatic heterocycles. The van der Waals surface area contributed by atoms with Gasteiger partial charge in [-0.2, -0.15) is 0 Å². The molecule has 2 aromatic rings. The summed E-state index contributed by atoms with van der Waals surface area (Å²) in [7, 11) is -3.49. The normalized spacial score (nSPS) is 11.9. The van der Waals surface area contributed by atoms with E-state index in [-0.39, 0.29) is 10.7 Å². The summed E-state index contributed by atoms with van der Waals surface area (Å²) in [6.45, 7) is 2.29. The molecule has 0 atom stereocenters. The van der Waals surface area contributed by atoms with Gasteiger partial charge in [-0.15, -0.1) is 11.3 Å². The molecule has 2 rings (SSSR count). The highest BCUT2D eigenvalue weighted by Crippen LogP contribution is 2.14. The average Bonchev–Trinajstić information content (AvgIpc) is 3.04. The summed E-state index contributed by atoms with van der Waals surface area (Å²) in [4.78, 5) is 13.2. The highest BCUT2D eigenvalue weighted by atomic mass is 32.2. The molecule has 0 saturated carbocycles. The van der Waals surface area contributed by atoms with Crippen molar-refractivity contribution in [1.29, 1.82) is 0 Å². The molecule has 0 bridgehead atoms. The van der Waals surface area contributed by atoms with Gasteiger partial charge < -0.3 is 0 Å². The van der Waals surface area contributed by atoms with Crippen molar-refractivity contribution in [3.8, 4) is 0 Å². The van der Waals surface area contributed by atoms with Crippen LogP contribution in [0.4, 0.5) is 0 Å². The van der Waals surface area contributed by atoms with Crippen molar-refractivity contribution in [3.05, 3.63) is 58.3 Å². The van der Waals surface area contributed by atoms with Gasteiger partial charge in [0.25, 0.3) is 0 Å². The van der Waals surface area contributed by atoms with Gasteiger partial charge in [-0.05, 0) is 54.3 Å². The number of benzene rings is 1. The van der Waals surface area contributed by atoms with Crippen molar-refractivity contribution in [2.75, 3.05) is 6.54 Å². The van der Waals surface area contributed by atoms with E-state index < -0.39 is 10.0 Å². The molecule has 4 nitrogen and oxygen atoms in total. The van der Waals surface area contributed by atoms with E-state index in [1.807, 2.05) is 24.4 Å². The fraction of sp³-hybridized carbons (Fsp3) is 0.188. The molecule has 22 heavy (non-hydrogen) atoms. The first-order chi connectivity index (χ1) is 10.5. The summed E-state index contributed by atoms with van der Waals surface area (Å²) in [5, 5.41) is 1.94. The van der Waals surface area contributed by atoms with Gasteiger partial charge in [0.05, 0.1) is 4.90 Å². The van der Waals surface area contributed by atoms with E-state index in [0.29, 0.717) is 12.1 Å². The lowest BCUT2D eigenvalue weighted by Crippen LogP contribution is -2.24. The van der Waals surface area contributed by atoms with Crippen LogP contribution in [-0.2, 0) is 10.0 Å². The molecule has 0 fully saturated rings. The molecule has 0 aliphatic rings. The lowest BCUT2D eigenvalue weighted by Gasteiger charge is -2.05. The molecule has 1 aromatic carbocycles.